The van der Waals surface area contributed by atoms with Gasteiger partial charge in [-0.3, -0.25) is 4.79 Å². The first-order valence-corrected chi connectivity index (χ1v) is 7.20. The first kappa shape index (κ1) is 14.8. The normalized spacial score (nSPS) is 20.1. The van der Waals surface area contributed by atoms with Gasteiger partial charge in [0, 0.05) is 25.2 Å². The second-order valence-corrected chi connectivity index (χ2v) is 6.55. The molecule has 1 aliphatic heterocycles. The Balaban J connectivity index is 2.03. The van der Waals surface area contributed by atoms with E-state index in [9.17, 15) is 4.79 Å². The summed E-state index contributed by atoms with van der Waals surface area (Å²) in [6, 6.07) is 0. The molecule has 0 bridgehead atoms. The third kappa shape index (κ3) is 3.72. The van der Waals surface area contributed by atoms with Crippen molar-refractivity contribution in [3.8, 4) is 0 Å². The molecule has 0 spiro atoms. The van der Waals surface area contributed by atoms with Crippen molar-refractivity contribution < 1.29 is 0 Å². The van der Waals surface area contributed by atoms with E-state index >= 15 is 0 Å². The van der Waals surface area contributed by atoms with E-state index in [0.29, 0.717) is 11.7 Å². The SMILES string of the molecule is CC(C)(C)NCC1CCCN(c2nc[nH]c(=O)c2N)C1. The lowest BCUT2D eigenvalue weighted by atomic mass is 9.96. The molecule has 112 valence electrons. The van der Waals surface area contributed by atoms with Crippen LogP contribution in [0.15, 0.2) is 11.1 Å². The zero-order chi connectivity index (χ0) is 14.8. The molecule has 0 aliphatic carbocycles. The molecular formula is C14H25N5O. The molecule has 1 aromatic rings. The molecule has 20 heavy (non-hydrogen) atoms. The molecule has 1 fully saturated rings. The van der Waals surface area contributed by atoms with E-state index in [2.05, 4.69) is 41.0 Å². The number of aromatic nitrogens is 2. The van der Waals surface area contributed by atoms with Gasteiger partial charge in [-0.1, -0.05) is 0 Å². The number of hydrogen-bond acceptors (Lipinski definition) is 5. The molecule has 2 rings (SSSR count). The molecule has 1 aliphatic rings. The van der Waals surface area contributed by atoms with Gasteiger partial charge in [0.05, 0.1) is 6.33 Å². The van der Waals surface area contributed by atoms with E-state index in [-0.39, 0.29) is 16.8 Å². The van der Waals surface area contributed by atoms with Crippen LogP contribution in [0.2, 0.25) is 0 Å². The molecule has 1 unspecified atom stereocenters. The predicted octanol–water partition coefficient (Wildman–Crippen LogP) is 0.957. The number of piperidine rings is 1. The Morgan fingerprint density at radius 2 is 2.30 bits per heavy atom. The minimum atomic E-state index is -0.259. The number of anilines is 2. The molecule has 1 aromatic heterocycles. The molecule has 4 N–H and O–H groups in total. The van der Waals surface area contributed by atoms with Gasteiger partial charge in [-0.15, -0.1) is 0 Å². The molecule has 1 atom stereocenters. The van der Waals surface area contributed by atoms with Gasteiger partial charge in [-0.05, 0) is 39.5 Å². The fraction of sp³-hybridized carbons (Fsp3) is 0.714. The summed E-state index contributed by atoms with van der Waals surface area (Å²) in [5.74, 6) is 1.18. The van der Waals surface area contributed by atoms with Crippen molar-refractivity contribution in [2.75, 3.05) is 30.3 Å². The number of H-pyrrole nitrogens is 1. The summed E-state index contributed by atoms with van der Waals surface area (Å²) < 4.78 is 0. The highest BCUT2D eigenvalue weighted by atomic mass is 16.1. The van der Waals surface area contributed by atoms with Gasteiger partial charge in [0.15, 0.2) is 5.82 Å². The monoisotopic (exact) mass is 279 g/mol. The van der Waals surface area contributed by atoms with E-state index in [1.807, 2.05) is 0 Å². The number of nitrogens with two attached hydrogens (primary N) is 1. The number of nitrogen functional groups attached to an aromatic ring is 1. The maximum atomic E-state index is 11.6. The van der Waals surface area contributed by atoms with Crippen LogP contribution in [-0.2, 0) is 0 Å². The van der Waals surface area contributed by atoms with Crippen LogP contribution in [-0.4, -0.2) is 35.1 Å². The number of hydrogen-bond donors (Lipinski definition) is 3. The maximum absolute atomic E-state index is 11.6. The first-order chi connectivity index (χ1) is 9.37. The van der Waals surface area contributed by atoms with Crippen molar-refractivity contribution in [1.82, 2.24) is 15.3 Å². The van der Waals surface area contributed by atoms with Crippen LogP contribution in [0.25, 0.3) is 0 Å². The number of aromatic amines is 1. The molecule has 0 aromatic carbocycles. The first-order valence-electron chi connectivity index (χ1n) is 7.20. The summed E-state index contributed by atoms with van der Waals surface area (Å²) >= 11 is 0. The van der Waals surface area contributed by atoms with E-state index in [1.54, 1.807) is 0 Å². The molecule has 6 heteroatoms. The maximum Gasteiger partial charge on any atom is 0.276 e. The highest BCUT2D eigenvalue weighted by Crippen LogP contribution is 2.23. The van der Waals surface area contributed by atoms with Crippen molar-refractivity contribution in [2.24, 2.45) is 5.92 Å². The Bertz CT molecular complexity index is 505. The van der Waals surface area contributed by atoms with Gasteiger partial charge in [0.1, 0.15) is 5.69 Å². The van der Waals surface area contributed by atoms with E-state index in [0.717, 1.165) is 26.1 Å². The minimum absolute atomic E-state index is 0.128. The predicted molar refractivity (Wildman–Crippen MR) is 82.0 cm³/mol. The van der Waals surface area contributed by atoms with Crippen LogP contribution in [0.1, 0.15) is 33.6 Å². The van der Waals surface area contributed by atoms with E-state index in [1.165, 1.54) is 12.7 Å². The Hall–Kier alpha value is -1.56. The van der Waals surface area contributed by atoms with E-state index < -0.39 is 0 Å². The van der Waals surface area contributed by atoms with Crippen LogP contribution < -0.4 is 21.5 Å². The molecule has 0 saturated carbocycles. The molecule has 0 amide bonds. The van der Waals surface area contributed by atoms with Gasteiger partial charge in [0.25, 0.3) is 5.56 Å². The van der Waals surface area contributed by atoms with Crippen molar-refractivity contribution in [1.29, 1.82) is 0 Å². The second-order valence-electron chi connectivity index (χ2n) is 6.55. The van der Waals surface area contributed by atoms with Gasteiger partial charge in [0.2, 0.25) is 0 Å². The van der Waals surface area contributed by atoms with Gasteiger partial charge in [-0.25, -0.2) is 4.98 Å². The summed E-state index contributed by atoms with van der Waals surface area (Å²) in [7, 11) is 0. The standard InChI is InChI=1S/C14H25N5O/c1-14(2,3)18-7-10-5-4-6-19(8-10)12-11(15)13(20)17-9-16-12/h9-10,18H,4-8,15H2,1-3H3,(H,16,17,20). The smallest absolute Gasteiger partial charge is 0.276 e. The van der Waals surface area contributed by atoms with Crippen LogP contribution in [0.4, 0.5) is 11.5 Å². The number of rotatable bonds is 3. The number of nitrogens with one attached hydrogen (secondary N) is 2. The lowest BCUT2D eigenvalue weighted by molar-refractivity contribution is 0.335. The minimum Gasteiger partial charge on any atom is -0.391 e. The molecular weight excluding hydrogens is 254 g/mol. The van der Waals surface area contributed by atoms with Crippen LogP contribution >= 0.6 is 0 Å². The van der Waals surface area contributed by atoms with Crippen molar-refractivity contribution in [3.05, 3.63) is 16.7 Å². The Morgan fingerprint density at radius 3 is 3.00 bits per heavy atom. The largest absolute Gasteiger partial charge is 0.391 e. The fourth-order valence-electron chi connectivity index (χ4n) is 2.53. The molecule has 1 saturated heterocycles. The van der Waals surface area contributed by atoms with Crippen LogP contribution in [0, 0.1) is 5.92 Å². The van der Waals surface area contributed by atoms with E-state index in [4.69, 9.17) is 5.73 Å². The second kappa shape index (κ2) is 5.83. The number of nitrogens with zero attached hydrogens (tertiary/aromatic N) is 2. The average Bonchev–Trinajstić information content (AvgIpc) is 2.39. The fourth-order valence-corrected chi connectivity index (χ4v) is 2.53. The van der Waals surface area contributed by atoms with Crippen molar-refractivity contribution >= 4 is 11.5 Å². The quantitative estimate of drug-likeness (QED) is 0.767. The Kier molecular flexibility index (Phi) is 4.32. The van der Waals surface area contributed by atoms with Gasteiger partial charge < -0.3 is 20.9 Å². The van der Waals surface area contributed by atoms with Crippen LogP contribution in [0.5, 0.6) is 0 Å². The zero-order valence-corrected chi connectivity index (χ0v) is 12.6. The lowest BCUT2D eigenvalue weighted by Gasteiger charge is -2.35. The van der Waals surface area contributed by atoms with Crippen LogP contribution in [0.3, 0.4) is 0 Å². The summed E-state index contributed by atoms with van der Waals surface area (Å²) in [5.41, 5.74) is 5.93. The summed E-state index contributed by atoms with van der Waals surface area (Å²) in [5, 5.41) is 3.54. The summed E-state index contributed by atoms with van der Waals surface area (Å²) in [6.45, 7) is 9.29. The highest BCUT2D eigenvalue weighted by molar-refractivity contribution is 5.61. The zero-order valence-electron chi connectivity index (χ0n) is 12.6. The average molecular weight is 279 g/mol. The van der Waals surface area contributed by atoms with Crippen molar-refractivity contribution in [2.45, 2.75) is 39.2 Å². The molecule has 0 radical (unpaired) electrons. The van der Waals surface area contributed by atoms with Gasteiger partial charge in [-0.2, -0.15) is 0 Å². The van der Waals surface area contributed by atoms with Crippen molar-refractivity contribution in [3.63, 3.8) is 0 Å². The third-order valence-electron chi connectivity index (χ3n) is 3.61. The Morgan fingerprint density at radius 1 is 1.55 bits per heavy atom. The van der Waals surface area contributed by atoms with Gasteiger partial charge >= 0.3 is 0 Å². The Labute approximate surface area is 119 Å². The molecule has 2 heterocycles. The highest BCUT2D eigenvalue weighted by Gasteiger charge is 2.24. The third-order valence-corrected chi connectivity index (χ3v) is 3.61. The summed E-state index contributed by atoms with van der Waals surface area (Å²) in [6.07, 6.45) is 3.72. The topological polar surface area (TPSA) is 87.0 Å². The lowest BCUT2D eigenvalue weighted by Crippen LogP contribution is -2.45. The summed E-state index contributed by atoms with van der Waals surface area (Å²) in [4.78, 5) is 20.4. The molecule has 6 nitrogen and oxygen atoms in total.